The van der Waals surface area contributed by atoms with E-state index in [4.69, 9.17) is 24.4 Å². The van der Waals surface area contributed by atoms with Crippen molar-refractivity contribution in [3.05, 3.63) is 188 Å². The molecular formula is C52H31N5OS. The largest absolute Gasteiger partial charge is 0.456 e. The third-order valence-electron chi connectivity index (χ3n) is 11.1. The van der Waals surface area contributed by atoms with Crippen LogP contribution in [0.2, 0.25) is 0 Å². The number of fused-ring (bicyclic) bond motifs is 7. The van der Waals surface area contributed by atoms with Gasteiger partial charge in [-0.05, 0) is 65.7 Å². The van der Waals surface area contributed by atoms with Crippen LogP contribution in [0.1, 0.15) is 0 Å². The van der Waals surface area contributed by atoms with E-state index in [1.165, 1.54) is 15.5 Å². The summed E-state index contributed by atoms with van der Waals surface area (Å²) in [5, 5.41) is 4.40. The van der Waals surface area contributed by atoms with E-state index in [0.717, 1.165) is 82.6 Å². The van der Waals surface area contributed by atoms with Crippen LogP contribution < -0.4 is 0 Å². The monoisotopic (exact) mass is 773 g/mol. The zero-order valence-electron chi connectivity index (χ0n) is 31.5. The first kappa shape index (κ1) is 33.4. The molecule has 12 rings (SSSR count). The van der Waals surface area contributed by atoms with Crippen LogP contribution in [0.5, 0.6) is 0 Å². The first-order valence-electron chi connectivity index (χ1n) is 19.5. The molecule has 0 N–H and O–H groups in total. The molecule has 0 radical (unpaired) electrons. The molecule has 0 spiro atoms. The van der Waals surface area contributed by atoms with Gasteiger partial charge in [-0.2, -0.15) is 0 Å². The van der Waals surface area contributed by atoms with Gasteiger partial charge < -0.3 is 4.42 Å². The Kier molecular flexibility index (Phi) is 7.61. The quantitative estimate of drug-likeness (QED) is 0.168. The molecular weight excluding hydrogens is 743 g/mol. The number of hydrogen-bond acceptors (Lipinski definition) is 6. The number of hydrogen-bond donors (Lipinski definition) is 0. The number of aromatic nitrogens is 5. The van der Waals surface area contributed by atoms with Crippen molar-refractivity contribution in [3.63, 3.8) is 0 Å². The molecule has 0 unspecified atom stereocenters. The van der Waals surface area contributed by atoms with Gasteiger partial charge in [-0.25, -0.2) is 19.9 Å². The lowest BCUT2D eigenvalue weighted by atomic mass is 10.0. The number of thiophene rings is 1. The third kappa shape index (κ3) is 5.55. The topological polar surface area (TPSA) is 69.6 Å². The molecule has 0 bridgehead atoms. The van der Waals surface area contributed by atoms with Crippen LogP contribution >= 0.6 is 11.3 Å². The summed E-state index contributed by atoms with van der Waals surface area (Å²) in [5.74, 6) is 2.78. The molecule has 0 saturated carbocycles. The van der Waals surface area contributed by atoms with E-state index in [1.54, 1.807) is 11.3 Å². The summed E-state index contributed by atoms with van der Waals surface area (Å²) in [7, 11) is 0. The lowest BCUT2D eigenvalue weighted by Crippen LogP contribution is -2.00. The van der Waals surface area contributed by atoms with Crippen LogP contribution in [0.3, 0.4) is 0 Å². The van der Waals surface area contributed by atoms with Gasteiger partial charge in [0.2, 0.25) is 0 Å². The van der Waals surface area contributed by atoms with Crippen molar-refractivity contribution in [1.82, 2.24) is 24.5 Å². The van der Waals surface area contributed by atoms with Crippen LogP contribution in [0.4, 0.5) is 0 Å². The maximum absolute atomic E-state index is 6.26. The summed E-state index contributed by atoms with van der Waals surface area (Å²) < 4.78 is 10.8. The van der Waals surface area contributed by atoms with Crippen LogP contribution in [0.25, 0.3) is 116 Å². The highest BCUT2D eigenvalue weighted by Crippen LogP contribution is 2.42. The number of rotatable bonds is 6. The van der Waals surface area contributed by atoms with Crippen molar-refractivity contribution in [2.75, 3.05) is 0 Å². The molecule has 4 aromatic heterocycles. The van der Waals surface area contributed by atoms with Gasteiger partial charge in [-0.1, -0.05) is 133 Å². The lowest BCUT2D eigenvalue weighted by molar-refractivity contribution is 0.669. The average Bonchev–Trinajstić information content (AvgIpc) is 4.01. The van der Waals surface area contributed by atoms with E-state index in [9.17, 15) is 0 Å². The first-order chi connectivity index (χ1) is 29.2. The molecule has 8 aromatic carbocycles. The molecule has 7 heteroatoms. The lowest BCUT2D eigenvalue weighted by Gasteiger charge is -2.10. The summed E-state index contributed by atoms with van der Waals surface area (Å²) >= 11 is 1.77. The van der Waals surface area contributed by atoms with Crippen molar-refractivity contribution in [2.45, 2.75) is 0 Å². The standard InChI is InChI=1S/C52H31N5OS/c1-3-13-33(14-4-1)49-54-50(39-19-12-24-45-47(39)38-17-7-10-23-44(38)58-45)56-51(55-49)40-20-11-18-37-41-31-35(29-30-46(41)59-48(37)40)32-25-27-34(28-26-32)52-53-42-21-8-9-22-43(42)57(52)36-15-5-2-6-16-36/h1-31H. The molecule has 59 heavy (non-hydrogen) atoms. The summed E-state index contributed by atoms with van der Waals surface area (Å²) in [4.78, 5) is 20.5. The predicted molar refractivity (Wildman–Crippen MR) is 242 cm³/mol. The number of para-hydroxylation sites is 4. The van der Waals surface area contributed by atoms with E-state index < -0.39 is 0 Å². The van der Waals surface area contributed by atoms with Crippen molar-refractivity contribution < 1.29 is 4.42 Å². The van der Waals surface area contributed by atoms with E-state index >= 15 is 0 Å². The Balaban J connectivity index is 0.969. The highest BCUT2D eigenvalue weighted by Gasteiger charge is 2.20. The van der Waals surface area contributed by atoms with Gasteiger partial charge in [-0.15, -0.1) is 11.3 Å². The zero-order chi connectivity index (χ0) is 38.9. The number of furan rings is 1. The van der Waals surface area contributed by atoms with Crippen molar-refractivity contribution in [3.8, 4) is 62.4 Å². The molecule has 0 aliphatic heterocycles. The minimum absolute atomic E-state index is 0.606. The van der Waals surface area contributed by atoms with E-state index in [1.807, 2.05) is 72.8 Å². The molecule has 0 aliphatic rings. The smallest absolute Gasteiger partial charge is 0.165 e. The maximum Gasteiger partial charge on any atom is 0.165 e. The second-order valence-electron chi connectivity index (χ2n) is 14.6. The van der Waals surface area contributed by atoms with E-state index in [2.05, 4.69) is 120 Å². The Hall–Kier alpha value is -7.74. The summed E-state index contributed by atoms with van der Waals surface area (Å²) in [6.07, 6.45) is 0. The van der Waals surface area contributed by atoms with Gasteiger partial charge in [0.15, 0.2) is 17.5 Å². The minimum atomic E-state index is 0.606. The molecule has 12 aromatic rings. The predicted octanol–water partition coefficient (Wildman–Crippen LogP) is 13.8. The highest BCUT2D eigenvalue weighted by atomic mass is 32.1. The van der Waals surface area contributed by atoms with Crippen LogP contribution in [-0.4, -0.2) is 24.5 Å². The normalized spacial score (nSPS) is 11.7. The fraction of sp³-hybridized carbons (Fsp3) is 0. The van der Waals surface area contributed by atoms with Crippen LogP contribution in [-0.2, 0) is 0 Å². The van der Waals surface area contributed by atoms with Crippen molar-refractivity contribution in [2.24, 2.45) is 0 Å². The second-order valence-corrected chi connectivity index (χ2v) is 15.7. The molecule has 276 valence electrons. The number of imidazole rings is 1. The zero-order valence-corrected chi connectivity index (χ0v) is 32.3. The number of nitrogens with zero attached hydrogens (tertiary/aromatic N) is 5. The van der Waals surface area contributed by atoms with Gasteiger partial charge >= 0.3 is 0 Å². The highest BCUT2D eigenvalue weighted by molar-refractivity contribution is 7.26. The van der Waals surface area contributed by atoms with Crippen LogP contribution in [0.15, 0.2) is 192 Å². The first-order valence-corrected chi connectivity index (χ1v) is 20.4. The van der Waals surface area contributed by atoms with Gasteiger partial charge in [0.25, 0.3) is 0 Å². The SMILES string of the molecule is c1ccc(-c2nc(-c3cccc4c3sc3ccc(-c5ccc(-c6nc7ccccc7n6-c6ccccc6)cc5)cc34)nc(-c3cccc4oc5ccccc5c34)n2)cc1. The Labute approximate surface area is 342 Å². The summed E-state index contributed by atoms with van der Waals surface area (Å²) in [6, 6.07) is 65.1. The van der Waals surface area contributed by atoms with Gasteiger partial charge in [-0.3, -0.25) is 4.57 Å². The Morgan fingerprint density at radius 1 is 0.424 bits per heavy atom. The molecule has 0 atom stereocenters. The van der Waals surface area contributed by atoms with Gasteiger partial charge in [0.05, 0.1) is 11.0 Å². The molecule has 4 heterocycles. The molecule has 0 amide bonds. The van der Waals surface area contributed by atoms with E-state index in [-0.39, 0.29) is 0 Å². The Morgan fingerprint density at radius 3 is 1.93 bits per heavy atom. The summed E-state index contributed by atoms with van der Waals surface area (Å²) in [6.45, 7) is 0. The van der Waals surface area contributed by atoms with Gasteiger partial charge in [0, 0.05) is 58.9 Å². The minimum Gasteiger partial charge on any atom is -0.456 e. The maximum atomic E-state index is 6.26. The van der Waals surface area contributed by atoms with Crippen LogP contribution in [0, 0.1) is 0 Å². The molecule has 0 saturated heterocycles. The van der Waals surface area contributed by atoms with Crippen molar-refractivity contribution in [1.29, 1.82) is 0 Å². The summed E-state index contributed by atoms with van der Waals surface area (Å²) in [5.41, 5.74) is 10.9. The Morgan fingerprint density at radius 2 is 1.07 bits per heavy atom. The molecule has 6 nitrogen and oxygen atoms in total. The molecule has 0 fully saturated rings. The molecule has 0 aliphatic carbocycles. The van der Waals surface area contributed by atoms with Crippen molar-refractivity contribution >= 4 is 64.5 Å². The number of benzene rings is 8. The fourth-order valence-corrected chi connectivity index (χ4v) is 9.51. The Bertz CT molecular complexity index is 3550. The third-order valence-corrected chi connectivity index (χ3v) is 12.3. The second kappa shape index (κ2) is 13.4. The fourth-order valence-electron chi connectivity index (χ4n) is 8.32. The van der Waals surface area contributed by atoms with Gasteiger partial charge in [0.1, 0.15) is 17.0 Å². The van der Waals surface area contributed by atoms with E-state index in [0.29, 0.717) is 17.5 Å². The average molecular weight is 774 g/mol.